The van der Waals surface area contributed by atoms with Crippen molar-refractivity contribution < 1.29 is 9.66 Å². The van der Waals surface area contributed by atoms with Gasteiger partial charge in [0.2, 0.25) is 0 Å². The molecular formula is C19H20N4O4S2. The summed E-state index contributed by atoms with van der Waals surface area (Å²) in [5, 5.41) is 12.6. The van der Waals surface area contributed by atoms with Crippen molar-refractivity contribution in [3.63, 3.8) is 0 Å². The number of ether oxygens (including phenoxy) is 1. The van der Waals surface area contributed by atoms with Gasteiger partial charge >= 0.3 is 0 Å². The van der Waals surface area contributed by atoms with Gasteiger partial charge in [-0.15, -0.1) is 11.3 Å². The molecule has 0 aliphatic carbocycles. The lowest BCUT2D eigenvalue weighted by Crippen LogP contribution is -2.28. The van der Waals surface area contributed by atoms with E-state index in [2.05, 4.69) is 4.98 Å². The number of nitrogens with zero attached hydrogens (tertiary/aromatic N) is 4. The predicted octanol–water partition coefficient (Wildman–Crippen LogP) is 3.96. The van der Waals surface area contributed by atoms with E-state index in [0.29, 0.717) is 28.7 Å². The molecule has 0 amide bonds. The van der Waals surface area contributed by atoms with E-state index in [9.17, 15) is 14.9 Å². The van der Waals surface area contributed by atoms with E-state index in [1.54, 1.807) is 10.6 Å². The molecule has 1 unspecified atom stereocenters. The first kappa shape index (κ1) is 20.0. The quantitative estimate of drug-likeness (QED) is 0.330. The Kier molecular flexibility index (Phi) is 5.66. The van der Waals surface area contributed by atoms with Crippen molar-refractivity contribution in [2.75, 3.05) is 6.61 Å². The molecule has 0 aromatic carbocycles. The second kappa shape index (κ2) is 8.21. The smallest absolute Gasteiger partial charge is 0.287 e. The molecule has 1 fully saturated rings. The SMILES string of the molecule is CCc1c(C)sc2nc(Sc3ccc([N+](=O)[O-])cn3)n(CC3CCCO3)c(=O)c12. The van der Waals surface area contributed by atoms with Crippen LogP contribution in [0.2, 0.25) is 0 Å². The van der Waals surface area contributed by atoms with Crippen LogP contribution in [0.1, 0.15) is 30.2 Å². The molecule has 152 valence electrons. The van der Waals surface area contributed by atoms with Crippen LogP contribution in [0.4, 0.5) is 5.69 Å². The van der Waals surface area contributed by atoms with Crippen LogP contribution in [0.25, 0.3) is 10.2 Å². The number of aromatic nitrogens is 3. The van der Waals surface area contributed by atoms with E-state index in [1.165, 1.54) is 35.4 Å². The van der Waals surface area contributed by atoms with Crippen LogP contribution in [-0.2, 0) is 17.7 Å². The summed E-state index contributed by atoms with van der Waals surface area (Å²) in [7, 11) is 0. The van der Waals surface area contributed by atoms with Gasteiger partial charge in [-0.1, -0.05) is 6.92 Å². The average Bonchev–Trinajstić information content (AvgIpc) is 3.32. The molecule has 1 aliphatic rings. The number of fused-ring (bicyclic) bond motifs is 1. The lowest BCUT2D eigenvalue weighted by molar-refractivity contribution is -0.385. The Hall–Kier alpha value is -2.30. The topological polar surface area (TPSA) is 100 Å². The summed E-state index contributed by atoms with van der Waals surface area (Å²) in [4.78, 5) is 34.5. The monoisotopic (exact) mass is 432 g/mol. The van der Waals surface area contributed by atoms with E-state index < -0.39 is 4.92 Å². The number of rotatable bonds is 6. The Balaban J connectivity index is 1.79. The molecule has 8 nitrogen and oxygen atoms in total. The van der Waals surface area contributed by atoms with E-state index in [0.717, 1.165) is 34.5 Å². The molecule has 1 saturated heterocycles. The van der Waals surface area contributed by atoms with Crippen LogP contribution >= 0.6 is 23.1 Å². The summed E-state index contributed by atoms with van der Waals surface area (Å²) < 4.78 is 7.43. The molecule has 29 heavy (non-hydrogen) atoms. The largest absolute Gasteiger partial charge is 0.376 e. The van der Waals surface area contributed by atoms with Crippen LogP contribution in [0, 0.1) is 17.0 Å². The van der Waals surface area contributed by atoms with E-state index in [1.807, 2.05) is 13.8 Å². The fourth-order valence-corrected chi connectivity index (χ4v) is 5.52. The molecule has 0 N–H and O–H groups in total. The molecule has 0 radical (unpaired) electrons. The zero-order valence-corrected chi connectivity index (χ0v) is 17.7. The highest BCUT2D eigenvalue weighted by Crippen LogP contribution is 2.32. The van der Waals surface area contributed by atoms with Crippen LogP contribution in [0.3, 0.4) is 0 Å². The second-order valence-electron chi connectivity index (χ2n) is 6.83. The maximum absolute atomic E-state index is 13.4. The van der Waals surface area contributed by atoms with Gasteiger partial charge < -0.3 is 4.74 Å². The van der Waals surface area contributed by atoms with Gasteiger partial charge in [0.05, 0.1) is 23.0 Å². The Morgan fingerprint density at radius 3 is 2.90 bits per heavy atom. The fraction of sp³-hybridized carbons (Fsp3) is 0.421. The van der Waals surface area contributed by atoms with Gasteiger partial charge in [-0.3, -0.25) is 19.5 Å². The highest BCUT2D eigenvalue weighted by atomic mass is 32.2. The summed E-state index contributed by atoms with van der Waals surface area (Å²) in [5.41, 5.74) is 0.917. The lowest BCUT2D eigenvalue weighted by atomic mass is 10.1. The third-order valence-electron chi connectivity index (χ3n) is 4.97. The Bertz CT molecular complexity index is 1120. The minimum Gasteiger partial charge on any atom is -0.376 e. The Labute approximate surface area is 175 Å². The molecule has 0 spiro atoms. The van der Waals surface area contributed by atoms with Gasteiger partial charge in [0.15, 0.2) is 5.16 Å². The van der Waals surface area contributed by atoms with Crippen molar-refractivity contribution in [2.45, 2.75) is 55.9 Å². The van der Waals surface area contributed by atoms with Gasteiger partial charge in [0, 0.05) is 17.6 Å². The van der Waals surface area contributed by atoms with Crippen molar-refractivity contribution >= 4 is 39.0 Å². The van der Waals surface area contributed by atoms with Gasteiger partial charge in [-0.05, 0) is 49.6 Å². The molecule has 0 bridgehead atoms. The molecular weight excluding hydrogens is 412 g/mol. The van der Waals surface area contributed by atoms with Gasteiger partial charge in [-0.25, -0.2) is 9.97 Å². The number of hydrogen-bond donors (Lipinski definition) is 0. The maximum atomic E-state index is 13.4. The Morgan fingerprint density at radius 1 is 1.45 bits per heavy atom. The number of hydrogen-bond acceptors (Lipinski definition) is 8. The molecule has 0 saturated carbocycles. The van der Waals surface area contributed by atoms with Crippen LogP contribution in [0.5, 0.6) is 0 Å². The molecule has 4 heterocycles. The van der Waals surface area contributed by atoms with Crippen molar-refractivity contribution in [3.05, 3.63) is 49.2 Å². The van der Waals surface area contributed by atoms with Gasteiger partial charge in [-0.2, -0.15) is 0 Å². The van der Waals surface area contributed by atoms with Crippen LogP contribution in [0.15, 0.2) is 33.3 Å². The normalized spacial score (nSPS) is 16.6. The fourth-order valence-electron chi connectivity index (χ4n) is 3.52. The lowest BCUT2D eigenvalue weighted by Gasteiger charge is -2.15. The zero-order chi connectivity index (χ0) is 20.5. The number of nitro groups is 1. The molecule has 3 aromatic heterocycles. The zero-order valence-electron chi connectivity index (χ0n) is 16.1. The molecule has 1 aliphatic heterocycles. The van der Waals surface area contributed by atoms with Crippen molar-refractivity contribution in [1.82, 2.24) is 14.5 Å². The first-order chi connectivity index (χ1) is 14.0. The van der Waals surface area contributed by atoms with Crippen molar-refractivity contribution in [1.29, 1.82) is 0 Å². The van der Waals surface area contributed by atoms with Crippen LogP contribution < -0.4 is 5.56 Å². The van der Waals surface area contributed by atoms with Crippen LogP contribution in [-0.4, -0.2) is 32.2 Å². The minimum atomic E-state index is -0.486. The summed E-state index contributed by atoms with van der Waals surface area (Å²) in [6.07, 6.45) is 3.88. The highest BCUT2D eigenvalue weighted by Gasteiger charge is 2.23. The first-order valence-electron chi connectivity index (χ1n) is 9.40. The maximum Gasteiger partial charge on any atom is 0.287 e. The van der Waals surface area contributed by atoms with Crippen molar-refractivity contribution in [2.24, 2.45) is 0 Å². The third kappa shape index (κ3) is 3.92. The minimum absolute atomic E-state index is 0.0130. The predicted molar refractivity (Wildman–Crippen MR) is 112 cm³/mol. The molecule has 3 aromatic rings. The second-order valence-corrected chi connectivity index (χ2v) is 9.02. The van der Waals surface area contributed by atoms with Crippen molar-refractivity contribution in [3.8, 4) is 0 Å². The number of pyridine rings is 1. The number of thiophene rings is 1. The van der Waals surface area contributed by atoms with Gasteiger partial charge in [0.1, 0.15) is 16.1 Å². The summed E-state index contributed by atoms with van der Waals surface area (Å²) in [6, 6.07) is 2.98. The molecule has 10 heteroatoms. The number of aryl methyl sites for hydroxylation is 2. The van der Waals surface area contributed by atoms with E-state index >= 15 is 0 Å². The Morgan fingerprint density at radius 2 is 2.28 bits per heavy atom. The first-order valence-corrected chi connectivity index (χ1v) is 11.0. The van der Waals surface area contributed by atoms with E-state index in [-0.39, 0.29) is 17.4 Å². The average molecular weight is 433 g/mol. The standard InChI is InChI=1S/C19H20N4O4S2/c1-3-14-11(2)28-17-16(14)18(24)22(10-13-5-4-8-27-13)19(21-17)29-15-7-6-12(9-20-15)23(25)26/h6-7,9,13H,3-5,8,10H2,1-2H3. The summed E-state index contributed by atoms with van der Waals surface area (Å²) in [6.45, 7) is 5.20. The third-order valence-corrected chi connectivity index (χ3v) is 6.95. The molecule has 4 rings (SSSR count). The summed E-state index contributed by atoms with van der Waals surface area (Å²) in [5.74, 6) is 0. The molecule has 1 atom stereocenters. The van der Waals surface area contributed by atoms with Gasteiger partial charge in [0.25, 0.3) is 11.2 Å². The summed E-state index contributed by atoms with van der Waals surface area (Å²) >= 11 is 2.76. The van der Waals surface area contributed by atoms with E-state index in [4.69, 9.17) is 9.72 Å². The highest BCUT2D eigenvalue weighted by molar-refractivity contribution is 7.99.